The van der Waals surface area contributed by atoms with Crippen LogP contribution in [0.5, 0.6) is 0 Å². The van der Waals surface area contributed by atoms with Crippen molar-refractivity contribution in [2.24, 2.45) is 0 Å². The quantitative estimate of drug-likeness (QED) is 0.779. The summed E-state index contributed by atoms with van der Waals surface area (Å²) in [5.41, 5.74) is 0.546. The van der Waals surface area contributed by atoms with Crippen molar-refractivity contribution in [3.63, 3.8) is 0 Å². The first kappa shape index (κ1) is 10.8. The molecule has 0 radical (unpaired) electrons. The van der Waals surface area contributed by atoms with E-state index in [1.54, 1.807) is 15.5 Å². The van der Waals surface area contributed by atoms with Crippen LogP contribution in [0.3, 0.4) is 0 Å². The van der Waals surface area contributed by atoms with Gasteiger partial charge in [-0.3, -0.25) is 4.79 Å². The van der Waals surface area contributed by atoms with Crippen molar-refractivity contribution in [2.75, 3.05) is 6.54 Å². The number of aliphatic hydroxyl groups excluding tert-OH is 1. The van der Waals surface area contributed by atoms with E-state index in [9.17, 15) is 9.90 Å². The average Bonchev–Trinajstić information content (AvgIpc) is 2.83. The number of halogens is 2. The number of carbonyl (C=O) groups is 1. The lowest BCUT2D eigenvalue weighted by atomic mass is 10.1. The van der Waals surface area contributed by atoms with E-state index in [1.807, 2.05) is 0 Å². The molecule has 0 aromatic carbocycles. The fraction of sp³-hybridized carbons (Fsp3) is 0.500. The molecule has 0 unspecified atom stereocenters. The number of hydrogen-bond acceptors (Lipinski definition) is 2. The van der Waals surface area contributed by atoms with Gasteiger partial charge < -0.3 is 14.6 Å². The van der Waals surface area contributed by atoms with Crippen molar-refractivity contribution in [1.82, 2.24) is 9.47 Å². The van der Waals surface area contributed by atoms with Crippen molar-refractivity contribution in [3.8, 4) is 0 Å². The smallest absolute Gasteiger partial charge is 0.271 e. The Kier molecular flexibility index (Phi) is 2.42. The lowest BCUT2D eigenvalue weighted by Crippen LogP contribution is -2.47. The van der Waals surface area contributed by atoms with Gasteiger partial charge in [-0.05, 0) is 50.8 Å². The molecule has 3 heterocycles. The summed E-state index contributed by atoms with van der Waals surface area (Å²) in [5.74, 6) is 0.0131. The SMILES string of the molecule is O=C1c2cc(Br)c(Br)n2[C@H](O)[C@@H]2CCCN12. The number of fused-ring (bicyclic) bond motifs is 2. The zero-order valence-electron chi connectivity index (χ0n) is 8.36. The van der Waals surface area contributed by atoms with Gasteiger partial charge in [-0.1, -0.05) is 0 Å². The largest absolute Gasteiger partial charge is 0.371 e. The molecule has 3 rings (SSSR count). The van der Waals surface area contributed by atoms with E-state index in [4.69, 9.17) is 0 Å². The Balaban J connectivity index is 2.18. The second-order valence-corrected chi connectivity index (χ2v) is 5.77. The maximum Gasteiger partial charge on any atom is 0.271 e. The highest BCUT2D eigenvalue weighted by molar-refractivity contribution is 9.13. The minimum atomic E-state index is -0.643. The molecule has 16 heavy (non-hydrogen) atoms. The van der Waals surface area contributed by atoms with Gasteiger partial charge in [0, 0.05) is 6.54 Å². The van der Waals surface area contributed by atoms with E-state index in [0.717, 1.165) is 28.5 Å². The number of amides is 1. The molecule has 1 amide bonds. The summed E-state index contributed by atoms with van der Waals surface area (Å²) in [6, 6.07) is 1.68. The summed E-state index contributed by atoms with van der Waals surface area (Å²) in [6.45, 7) is 0.751. The highest BCUT2D eigenvalue weighted by atomic mass is 79.9. The van der Waals surface area contributed by atoms with E-state index in [1.165, 1.54) is 0 Å². The number of hydrogen-bond donors (Lipinski definition) is 1. The van der Waals surface area contributed by atoms with Gasteiger partial charge in [-0.15, -0.1) is 0 Å². The van der Waals surface area contributed by atoms with Crippen LogP contribution in [0, 0.1) is 0 Å². The zero-order chi connectivity index (χ0) is 11.4. The van der Waals surface area contributed by atoms with E-state index < -0.39 is 6.23 Å². The van der Waals surface area contributed by atoms with Gasteiger partial charge in [-0.25, -0.2) is 0 Å². The van der Waals surface area contributed by atoms with Gasteiger partial charge in [-0.2, -0.15) is 0 Å². The third-order valence-electron chi connectivity index (χ3n) is 3.32. The Bertz CT molecular complexity index is 472. The molecule has 0 aliphatic carbocycles. The molecular weight excluding hydrogens is 340 g/mol. The van der Waals surface area contributed by atoms with Crippen LogP contribution >= 0.6 is 31.9 Å². The van der Waals surface area contributed by atoms with E-state index in [0.29, 0.717) is 5.69 Å². The fourth-order valence-electron chi connectivity index (χ4n) is 2.57. The molecule has 6 heteroatoms. The molecule has 1 fully saturated rings. The maximum absolute atomic E-state index is 12.2. The third-order valence-corrected chi connectivity index (χ3v) is 5.27. The first-order valence-corrected chi connectivity index (χ1v) is 6.75. The molecule has 1 N–H and O–H groups in total. The van der Waals surface area contributed by atoms with Gasteiger partial charge in [0.2, 0.25) is 0 Å². The summed E-state index contributed by atoms with van der Waals surface area (Å²) in [7, 11) is 0. The molecule has 0 saturated carbocycles. The number of aromatic nitrogens is 1. The molecule has 0 spiro atoms. The van der Waals surface area contributed by atoms with Crippen molar-refractivity contribution in [1.29, 1.82) is 0 Å². The van der Waals surface area contributed by atoms with Crippen LogP contribution < -0.4 is 0 Å². The molecule has 4 nitrogen and oxygen atoms in total. The van der Waals surface area contributed by atoms with Crippen LogP contribution in [0.1, 0.15) is 29.6 Å². The van der Waals surface area contributed by atoms with Crippen molar-refractivity contribution >= 4 is 37.8 Å². The Hall–Kier alpha value is -0.330. The zero-order valence-corrected chi connectivity index (χ0v) is 11.5. The summed E-state index contributed by atoms with van der Waals surface area (Å²) in [5, 5.41) is 10.3. The lowest BCUT2D eigenvalue weighted by molar-refractivity contribution is -0.000408. The van der Waals surface area contributed by atoms with Crippen molar-refractivity contribution < 1.29 is 9.90 Å². The van der Waals surface area contributed by atoms with Crippen LogP contribution in [-0.4, -0.2) is 33.1 Å². The van der Waals surface area contributed by atoms with Crippen LogP contribution in [0.15, 0.2) is 15.1 Å². The van der Waals surface area contributed by atoms with E-state index in [-0.39, 0.29) is 11.9 Å². The number of rotatable bonds is 0. The fourth-order valence-corrected chi connectivity index (χ4v) is 3.49. The second kappa shape index (κ2) is 3.58. The topological polar surface area (TPSA) is 45.5 Å². The molecular formula is C10H10Br2N2O2. The summed E-state index contributed by atoms with van der Waals surface area (Å²) >= 11 is 6.75. The third kappa shape index (κ3) is 1.26. The molecule has 0 bridgehead atoms. The average molecular weight is 350 g/mol. The molecule has 2 aliphatic rings. The molecule has 1 aromatic heterocycles. The summed E-state index contributed by atoms with van der Waals surface area (Å²) in [4.78, 5) is 13.9. The number of nitrogens with zero attached hydrogens (tertiary/aromatic N) is 2. The Morgan fingerprint density at radius 2 is 2.19 bits per heavy atom. The monoisotopic (exact) mass is 348 g/mol. The summed E-state index contributed by atoms with van der Waals surface area (Å²) in [6.07, 6.45) is 1.20. The lowest BCUT2D eigenvalue weighted by Gasteiger charge is -2.35. The maximum atomic E-state index is 12.2. The van der Waals surface area contributed by atoms with Crippen LogP contribution in [0.25, 0.3) is 0 Å². The highest BCUT2D eigenvalue weighted by Gasteiger charge is 2.42. The Morgan fingerprint density at radius 3 is 2.94 bits per heavy atom. The Morgan fingerprint density at radius 1 is 1.44 bits per heavy atom. The molecule has 2 aliphatic heterocycles. The minimum absolute atomic E-state index is 0.0131. The first-order chi connectivity index (χ1) is 7.61. The predicted octanol–water partition coefficient (Wildman–Crippen LogP) is 2.12. The van der Waals surface area contributed by atoms with Crippen molar-refractivity contribution in [3.05, 3.63) is 20.8 Å². The predicted molar refractivity (Wildman–Crippen MR) is 65.1 cm³/mol. The minimum Gasteiger partial charge on any atom is -0.371 e. The second-order valence-electron chi connectivity index (χ2n) is 4.16. The van der Waals surface area contributed by atoms with Crippen LogP contribution in [0.4, 0.5) is 0 Å². The van der Waals surface area contributed by atoms with Crippen molar-refractivity contribution in [2.45, 2.75) is 25.1 Å². The van der Waals surface area contributed by atoms with Gasteiger partial charge >= 0.3 is 0 Å². The Labute approximate surface area is 109 Å². The number of carbonyl (C=O) groups excluding carboxylic acids is 1. The highest BCUT2D eigenvalue weighted by Crippen LogP contribution is 2.39. The normalized spacial score (nSPS) is 28.2. The molecule has 1 aromatic rings. The number of aliphatic hydroxyl groups is 1. The van der Waals surface area contributed by atoms with Crippen LogP contribution in [0.2, 0.25) is 0 Å². The first-order valence-electron chi connectivity index (χ1n) is 5.16. The molecule has 86 valence electrons. The standard InChI is InChI=1S/C10H10Br2N2O2/c11-5-4-7-9(15)13-3-1-2-6(13)10(16)14(7)8(5)12/h4,6,10,16H,1-3H2/t6-,10+/m0/s1. The molecule has 1 saturated heterocycles. The van der Waals surface area contributed by atoms with Gasteiger partial charge in [0.15, 0.2) is 6.23 Å². The van der Waals surface area contributed by atoms with E-state index in [2.05, 4.69) is 31.9 Å². The van der Waals surface area contributed by atoms with E-state index >= 15 is 0 Å². The summed E-state index contributed by atoms with van der Waals surface area (Å²) < 4.78 is 3.20. The van der Waals surface area contributed by atoms with Gasteiger partial charge in [0.1, 0.15) is 10.3 Å². The van der Waals surface area contributed by atoms with Gasteiger partial charge in [0.05, 0.1) is 10.5 Å². The van der Waals surface area contributed by atoms with Gasteiger partial charge in [0.25, 0.3) is 5.91 Å². The molecule has 2 atom stereocenters. The van der Waals surface area contributed by atoms with Crippen LogP contribution in [-0.2, 0) is 0 Å².